The second kappa shape index (κ2) is 4.64. The summed E-state index contributed by atoms with van der Waals surface area (Å²) in [6.07, 6.45) is 2.23. The Kier molecular flexibility index (Phi) is 3.41. The first-order valence-electron chi connectivity index (χ1n) is 5.75. The maximum absolute atomic E-state index is 6.13. The van der Waals surface area contributed by atoms with Gasteiger partial charge in [-0.05, 0) is 50.9 Å². The third-order valence-electron chi connectivity index (χ3n) is 3.00. The van der Waals surface area contributed by atoms with Gasteiger partial charge in [0.15, 0.2) is 0 Å². The van der Waals surface area contributed by atoms with Crippen LogP contribution in [0.15, 0.2) is 18.2 Å². The summed E-state index contributed by atoms with van der Waals surface area (Å²) in [5.41, 5.74) is 1.04. The monoisotopic (exact) mass is 239 g/mol. The number of hydrogen-bond donors (Lipinski definition) is 1. The highest BCUT2D eigenvalue weighted by molar-refractivity contribution is 6.32. The van der Waals surface area contributed by atoms with Gasteiger partial charge in [-0.1, -0.05) is 17.7 Å². The van der Waals surface area contributed by atoms with E-state index in [1.807, 2.05) is 25.1 Å². The van der Waals surface area contributed by atoms with Gasteiger partial charge in [-0.15, -0.1) is 0 Å². The third-order valence-corrected chi connectivity index (χ3v) is 3.31. The van der Waals surface area contributed by atoms with Crippen molar-refractivity contribution in [2.75, 3.05) is 13.1 Å². The second-order valence-electron chi connectivity index (χ2n) is 4.77. The zero-order chi connectivity index (χ0) is 11.6. The first-order chi connectivity index (χ1) is 7.59. The summed E-state index contributed by atoms with van der Waals surface area (Å²) in [5.74, 6) is 0.799. The average Bonchev–Trinajstić information content (AvgIpc) is 2.24. The molecule has 1 fully saturated rings. The predicted octanol–water partition coefficient (Wildman–Crippen LogP) is 3.17. The van der Waals surface area contributed by atoms with Gasteiger partial charge in [0, 0.05) is 6.54 Å². The molecule has 1 aromatic rings. The smallest absolute Gasteiger partial charge is 0.139 e. The number of nitrogens with one attached hydrogen (secondary N) is 1. The predicted molar refractivity (Wildman–Crippen MR) is 67.3 cm³/mol. The molecule has 2 rings (SSSR count). The van der Waals surface area contributed by atoms with E-state index < -0.39 is 0 Å². The number of aryl methyl sites for hydroxylation is 1. The lowest BCUT2D eigenvalue weighted by Gasteiger charge is -2.35. The molecule has 1 aliphatic rings. The van der Waals surface area contributed by atoms with Crippen LogP contribution in [0.2, 0.25) is 5.02 Å². The summed E-state index contributed by atoms with van der Waals surface area (Å²) in [6, 6.07) is 5.89. The highest BCUT2D eigenvalue weighted by atomic mass is 35.5. The topological polar surface area (TPSA) is 21.3 Å². The highest BCUT2D eigenvalue weighted by Crippen LogP contribution is 2.31. The minimum Gasteiger partial charge on any atom is -0.485 e. The van der Waals surface area contributed by atoms with E-state index in [9.17, 15) is 0 Å². The van der Waals surface area contributed by atoms with E-state index in [0.717, 1.165) is 31.7 Å². The number of rotatable bonds is 2. The van der Waals surface area contributed by atoms with Crippen LogP contribution in [0.4, 0.5) is 0 Å². The van der Waals surface area contributed by atoms with Crippen LogP contribution in [0.25, 0.3) is 0 Å². The Morgan fingerprint density at radius 3 is 2.94 bits per heavy atom. The van der Waals surface area contributed by atoms with Crippen molar-refractivity contribution in [3.63, 3.8) is 0 Å². The van der Waals surface area contributed by atoms with Crippen LogP contribution >= 0.6 is 11.6 Å². The normalized spacial score (nSPS) is 25.4. The zero-order valence-corrected chi connectivity index (χ0v) is 10.6. The molecule has 0 saturated carbocycles. The summed E-state index contributed by atoms with van der Waals surface area (Å²) < 4.78 is 6.06. The lowest BCUT2D eigenvalue weighted by molar-refractivity contribution is 0.0615. The van der Waals surface area contributed by atoms with Gasteiger partial charge in [0.2, 0.25) is 0 Å². The Labute approximate surface area is 102 Å². The average molecular weight is 240 g/mol. The molecule has 1 saturated heterocycles. The van der Waals surface area contributed by atoms with Crippen molar-refractivity contribution in [1.29, 1.82) is 0 Å². The van der Waals surface area contributed by atoms with Crippen LogP contribution < -0.4 is 10.1 Å². The van der Waals surface area contributed by atoms with Gasteiger partial charge >= 0.3 is 0 Å². The molecular weight excluding hydrogens is 222 g/mol. The lowest BCUT2D eigenvalue weighted by atomic mass is 9.96. The Hall–Kier alpha value is -0.730. The van der Waals surface area contributed by atoms with E-state index in [1.165, 1.54) is 5.56 Å². The molecule has 88 valence electrons. The second-order valence-corrected chi connectivity index (χ2v) is 5.17. The van der Waals surface area contributed by atoms with E-state index in [4.69, 9.17) is 16.3 Å². The molecule has 2 nitrogen and oxygen atoms in total. The van der Waals surface area contributed by atoms with Crippen molar-refractivity contribution in [3.8, 4) is 5.75 Å². The van der Waals surface area contributed by atoms with E-state index in [2.05, 4.69) is 12.2 Å². The van der Waals surface area contributed by atoms with Gasteiger partial charge in [-0.25, -0.2) is 0 Å². The van der Waals surface area contributed by atoms with Crippen molar-refractivity contribution >= 4 is 11.6 Å². The Morgan fingerprint density at radius 1 is 1.44 bits per heavy atom. The van der Waals surface area contributed by atoms with Crippen molar-refractivity contribution in [2.24, 2.45) is 0 Å². The van der Waals surface area contributed by atoms with Crippen LogP contribution in [0.5, 0.6) is 5.75 Å². The van der Waals surface area contributed by atoms with E-state index >= 15 is 0 Å². The summed E-state index contributed by atoms with van der Waals surface area (Å²) >= 11 is 6.13. The molecule has 0 aliphatic carbocycles. The molecule has 3 heteroatoms. The number of ether oxygens (including phenoxy) is 1. The van der Waals surface area contributed by atoms with Gasteiger partial charge in [0.25, 0.3) is 0 Å². The SMILES string of the molecule is Cc1ccc(Cl)c(OC2(C)CCCNC2)c1. The standard InChI is InChI=1S/C13H18ClNO/c1-10-4-5-11(14)12(8-10)16-13(2)6-3-7-15-9-13/h4-5,8,15H,3,6-7,9H2,1-2H3. The van der Waals surface area contributed by atoms with E-state index in [1.54, 1.807) is 0 Å². The molecular formula is C13H18ClNO. The largest absolute Gasteiger partial charge is 0.485 e. The molecule has 1 aliphatic heterocycles. The molecule has 0 amide bonds. The van der Waals surface area contributed by atoms with Gasteiger partial charge < -0.3 is 10.1 Å². The molecule has 1 aromatic carbocycles. The van der Waals surface area contributed by atoms with Gasteiger partial charge in [0.1, 0.15) is 11.4 Å². The summed E-state index contributed by atoms with van der Waals surface area (Å²) in [7, 11) is 0. The molecule has 16 heavy (non-hydrogen) atoms. The maximum atomic E-state index is 6.13. The van der Waals surface area contributed by atoms with Crippen molar-refractivity contribution in [1.82, 2.24) is 5.32 Å². The maximum Gasteiger partial charge on any atom is 0.139 e. The van der Waals surface area contributed by atoms with Crippen LogP contribution in [0.3, 0.4) is 0 Å². The molecule has 0 radical (unpaired) electrons. The summed E-state index contributed by atoms with van der Waals surface area (Å²) in [5, 5.41) is 4.05. The fourth-order valence-electron chi connectivity index (χ4n) is 2.07. The molecule has 1 atom stereocenters. The van der Waals surface area contributed by atoms with Gasteiger partial charge in [-0.2, -0.15) is 0 Å². The van der Waals surface area contributed by atoms with Crippen molar-refractivity contribution in [2.45, 2.75) is 32.3 Å². The molecule has 0 spiro atoms. The van der Waals surface area contributed by atoms with E-state index in [0.29, 0.717) is 5.02 Å². The Balaban J connectivity index is 2.15. The number of piperidine rings is 1. The number of benzene rings is 1. The first kappa shape index (κ1) is 11.7. The van der Waals surface area contributed by atoms with Crippen LogP contribution in [0.1, 0.15) is 25.3 Å². The van der Waals surface area contributed by atoms with E-state index in [-0.39, 0.29) is 5.60 Å². The van der Waals surface area contributed by atoms with Crippen LogP contribution in [-0.4, -0.2) is 18.7 Å². The fourth-order valence-corrected chi connectivity index (χ4v) is 2.23. The molecule has 0 aromatic heterocycles. The minimum absolute atomic E-state index is 0.129. The third kappa shape index (κ3) is 2.69. The van der Waals surface area contributed by atoms with Crippen molar-refractivity contribution in [3.05, 3.63) is 28.8 Å². The summed E-state index contributed by atoms with van der Waals surface area (Å²) in [6.45, 7) is 6.15. The van der Waals surface area contributed by atoms with Crippen LogP contribution in [-0.2, 0) is 0 Å². The van der Waals surface area contributed by atoms with Gasteiger partial charge in [0.05, 0.1) is 5.02 Å². The Bertz CT molecular complexity index is 372. The summed E-state index contributed by atoms with van der Waals surface area (Å²) in [4.78, 5) is 0. The lowest BCUT2D eigenvalue weighted by Crippen LogP contribution is -2.47. The van der Waals surface area contributed by atoms with Crippen molar-refractivity contribution < 1.29 is 4.74 Å². The molecule has 0 bridgehead atoms. The highest BCUT2D eigenvalue weighted by Gasteiger charge is 2.29. The van der Waals surface area contributed by atoms with Gasteiger partial charge in [-0.3, -0.25) is 0 Å². The van der Waals surface area contributed by atoms with Crippen LogP contribution in [0, 0.1) is 6.92 Å². The zero-order valence-electron chi connectivity index (χ0n) is 9.85. The quantitative estimate of drug-likeness (QED) is 0.856. The fraction of sp³-hybridized carbons (Fsp3) is 0.538. The minimum atomic E-state index is -0.129. The first-order valence-corrected chi connectivity index (χ1v) is 6.13. The molecule has 1 heterocycles. The molecule has 1 unspecified atom stereocenters. The molecule has 1 N–H and O–H groups in total. The number of hydrogen-bond acceptors (Lipinski definition) is 2. The number of halogens is 1. The Morgan fingerprint density at radius 2 is 2.25 bits per heavy atom.